The first-order valence-corrected chi connectivity index (χ1v) is 10.7. The van der Waals surface area contributed by atoms with Crippen molar-refractivity contribution in [1.82, 2.24) is 10.0 Å². The Hall–Kier alpha value is -1.55. The van der Waals surface area contributed by atoms with Gasteiger partial charge in [0.05, 0.1) is 29.8 Å². The summed E-state index contributed by atoms with van der Waals surface area (Å²) in [4.78, 5) is 11.5. The minimum atomic E-state index is -3.91. The minimum absolute atomic E-state index is 0.0743. The van der Waals surface area contributed by atoms with Gasteiger partial charge in [-0.15, -0.1) is 0 Å². The molecule has 1 amide bonds. The predicted octanol–water partition coefficient (Wildman–Crippen LogP) is 0.929. The Morgan fingerprint density at radius 1 is 1.26 bits per heavy atom. The monoisotopic (exact) mass is 400 g/mol. The number of hydrogen-bond acceptors (Lipinski definition) is 5. The van der Waals surface area contributed by atoms with Crippen LogP contribution in [0.3, 0.4) is 0 Å². The van der Waals surface area contributed by atoms with E-state index in [0.29, 0.717) is 25.8 Å². The first-order valence-electron chi connectivity index (χ1n) is 9.21. The maximum Gasteiger partial charge on any atom is 0.241 e. The van der Waals surface area contributed by atoms with Crippen molar-refractivity contribution in [3.8, 4) is 0 Å². The van der Waals surface area contributed by atoms with E-state index >= 15 is 0 Å². The molecule has 0 radical (unpaired) electrons. The first-order chi connectivity index (χ1) is 12.9. The molecule has 3 N–H and O–H groups in total. The van der Waals surface area contributed by atoms with Crippen LogP contribution in [0.2, 0.25) is 0 Å². The average Bonchev–Trinajstić information content (AvgIpc) is 3.48. The fourth-order valence-corrected chi connectivity index (χ4v) is 4.56. The molecule has 2 fully saturated rings. The summed E-state index contributed by atoms with van der Waals surface area (Å²) < 4.78 is 46.5. The van der Waals surface area contributed by atoms with Gasteiger partial charge in [-0.2, -0.15) is 0 Å². The van der Waals surface area contributed by atoms with Gasteiger partial charge in [0.2, 0.25) is 15.9 Å². The van der Waals surface area contributed by atoms with E-state index in [2.05, 4.69) is 10.0 Å². The van der Waals surface area contributed by atoms with Crippen LogP contribution in [0.25, 0.3) is 0 Å². The summed E-state index contributed by atoms with van der Waals surface area (Å²) in [7, 11) is -3.91. The van der Waals surface area contributed by atoms with Crippen molar-refractivity contribution < 1.29 is 27.4 Å². The maximum atomic E-state index is 13.3. The maximum absolute atomic E-state index is 13.3. The largest absolute Gasteiger partial charge is 0.394 e. The number of nitrogens with one attached hydrogen (secondary N) is 2. The molecular formula is C18H25FN2O5S. The van der Waals surface area contributed by atoms with Crippen LogP contribution in [-0.4, -0.2) is 50.8 Å². The number of halogens is 1. The molecule has 7 nitrogen and oxygen atoms in total. The fraction of sp³-hybridized carbons (Fsp3) is 0.611. The van der Waals surface area contributed by atoms with Crippen LogP contribution in [0.5, 0.6) is 0 Å². The zero-order chi connectivity index (χ0) is 19.4. The molecule has 1 saturated carbocycles. The lowest BCUT2D eigenvalue weighted by Crippen LogP contribution is -2.51. The van der Waals surface area contributed by atoms with E-state index in [0.717, 1.165) is 18.9 Å². The highest BCUT2D eigenvalue weighted by atomic mass is 32.2. The van der Waals surface area contributed by atoms with Crippen LogP contribution in [0.1, 0.15) is 32.1 Å². The van der Waals surface area contributed by atoms with E-state index in [1.165, 1.54) is 18.2 Å². The predicted molar refractivity (Wildman–Crippen MR) is 95.8 cm³/mol. The number of sulfonamides is 1. The second-order valence-electron chi connectivity index (χ2n) is 7.10. The molecule has 1 aromatic carbocycles. The number of amides is 1. The lowest BCUT2D eigenvalue weighted by molar-refractivity contribution is -0.122. The van der Waals surface area contributed by atoms with Gasteiger partial charge >= 0.3 is 0 Å². The number of carbonyl (C=O) groups is 1. The zero-order valence-electron chi connectivity index (χ0n) is 14.9. The van der Waals surface area contributed by atoms with Gasteiger partial charge in [-0.05, 0) is 50.3 Å². The summed E-state index contributed by atoms with van der Waals surface area (Å²) in [5, 5.41) is 12.5. The molecule has 1 saturated heterocycles. The molecule has 2 aliphatic rings. The van der Waals surface area contributed by atoms with Crippen LogP contribution < -0.4 is 10.0 Å². The summed E-state index contributed by atoms with van der Waals surface area (Å²) in [6, 6.07) is 4.17. The number of ether oxygens (including phenoxy) is 1. The first kappa shape index (κ1) is 20.2. The molecule has 3 atom stereocenters. The van der Waals surface area contributed by atoms with Gasteiger partial charge < -0.3 is 15.2 Å². The van der Waals surface area contributed by atoms with E-state index in [1.807, 2.05) is 0 Å². The molecule has 0 bridgehead atoms. The number of aliphatic hydroxyl groups excluding tert-OH is 1. The normalized spacial score (nSPS) is 25.9. The number of aliphatic hydroxyl groups is 1. The van der Waals surface area contributed by atoms with Crippen molar-refractivity contribution in [3.63, 3.8) is 0 Å². The van der Waals surface area contributed by atoms with Crippen LogP contribution in [0.15, 0.2) is 29.2 Å². The van der Waals surface area contributed by atoms with E-state index in [1.54, 1.807) is 0 Å². The second-order valence-corrected chi connectivity index (χ2v) is 8.81. The van der Waals surface area contributed by atoms with Gasteiger partial charge in [-0.1, -0.05) is 6.07 Å². The third-order valence-corrected chi connectivity index (χ3v) is 6.41. The van der Waals surface area contributed by atoms with Crippen LogP contribution >= 0.6 is 0 Å². The Labute approximate surface area is 158 Å². The molecule has 1 aliphatic heterocycles. The standard InChI is InChI=1S/C18H25FN2O5S/c19-13-2-1-3-15(10-13)27(24,25)21-16-7-6-14(26-17(16)11-22)8-9-20-18(23)12-4-5-12/h1-3,10,12,14,16-17,21-22H,4-9,11H2,(H,20,23)/t14-,16+,17-/m1/s1. The van der Waals surface area contributed by atoms with E-state index in [9.17, 15) is 22.7 Å². The molecule has 0 aromatic heterocycles. The number of carbonyl (C=O) groups excluding carboxylic acids is 1. The van der Waals surface area contributed by atoms with Crippen LogP contribution in [0, 0.1) is 11.7 Å². The quantitative estimate of drug-likeness (QED) is 0.602. The van der Waals surface area contributed by atoms with Crippen molar-refractivity contribution in [2.75, 3.05) is 13.2 Å². The molecule has 3 rings (SSSR count). The molecule has 27 heavy (non-hydrogen) atoms. The minimum Gasteiger partial charge on any atom is -0.394 e. The lowest BCUT2D eigenvalue weighted by Gasteiger charge is -2.36. The molecule has 0 unspecified atom stereocenters. The van der Waals surface area contributed by atoms with Crippen molar-refractivity contribution >= 4 is 15.9 Å². The summed E-state index contributed by atoms with van der Waals surface area (Å²) in [6.45, 7) is 0.166. The third kappa shape index (κ3) is 5.47. The number of rotatable bonds is 8. The van der Waals surface area contributed by atoms with Gasteiger partial charge in [-0.25, -0.2) is 17.5 Å². The molecule has 150 valence electrons. The highest BCUT2D eigenvalue weighted by Crippen LogP contribution is 2.29. The Morgan fingerprint density at radius 3 is 2.70 bits per heavy atom. The van der Waals surface area contributed by atoms with Crippen molar-refractivity contribution in [1.29, 1.82) is 0 Å². The molecule has 0 spiro atoms. The van der Waals surface area contributed by atoms with Crippen LogP contribution in [-0.2, 0) is 19.6 Å². The topological polar surface area (TPSA) is 105 Å². The molecular weight excluding hydrogens is 375 g/mol. The van der Waals surface area contributed by atoms with Gasteiger partial charge in [0.15, 0.2) is 0 Å². The second kappa shape index (κ2) is 8.64. The Morgan fingerprint density at radius 2 is 2.04 bits per heavy atom. The van der Waals surface area contributed by atoms with Crippen molar-refractivity contribution in [2.24, 2.45) is 5.92 Å². The number of benzene rings is 1. The van der Waals surface area contributed by atoms with E-state index in [4.69, 9.17) is 4.74 Å². The Bertz CT molecular complexity index is 769. The lowest BCUT2D eigenvalue weighted by atomic mass is 9.98. The highest BCUT2D eigenvalue weighted by molar-refractivity contribution is 7.89. The summed E-state index contributed by atoms with van der Waals surface area (Å²) in [5.74, 6) is -0.404. The molecule has 1 aliphatic carbocycles. The fourth-order valence-electron chi connectivity index (χ4n) is 3.23. The smallest absolute Gasteiger partial charge is 0.241 e. The summed E-state index contributed by atoms with van der Waals surface area (Å²) in [5.41, 5.74) is 0. The van der Waals surface area contributed by atoms with Crippen molar-refractivity contribution in [2.45, 2.75) is 55.2 Å². The zero-order valence-corrected chi connectivity index (χ0v) is 15.8. The Kier molecular flexibility index (Phi) is 6.46. The van der Waals surface area contributed by atoms with Crippen molar-refractivity contribution in [3.05, 3.63) is 30.1 Å². The molecule has 1 heterocycles. The molecule has 1 aromatic rings. The van der Waals surface area contributed by atoms with Gasteiger partial charge in [-0.3, -0.25) is 4.79 Å². The van der Waals surface area contributed by atoms with E-state index < -0.39 is 28.0 Å². The Balaban J connectivity index is 1.52. The molecule has 9 heteroatoms. The highest BCUT2D eigenvalue weighted by Gasteiger charge is 2.34. The van der Waals surface area contributed by atoms with Gasteiger partial charge in [0.1, 0.15) is 5.82 Å². The van der Waals surface area contributed by atoms with Gasteiger partial charge in [0.25, 0.3) is 0 Å². The summed E-state index contributed by atoms with van der Waals surface area (Å²) in [6.07, 6.45) is 2.76. The number of hydrogen-bond donors (Lipinski definition) is 3. The van der Waals surface area contributed by atoms with Crippen LogP contribution in [0.4, 0.5) is 4.39 Å². The SMILES string of the molecule is O=C(NCC[C@H]1CC[C@H](NS(=O)(=O)c2cccc(F)c2)[C@@H](CO)O1)C1CC1. The third-order valence-electron chi connectivity index (χ3n) is 4.92. The average molecular weight is 400 g/mol. The summed E-state index contributed by atoms with van der Waals surface area (Å²) >= 11 is 0. The van der Waals surface area contributed by atoms with E-state index in [-0.39, 0.29) is 29.4 Å². The van der Waals surface area contributed by atoms with Gasteiger partial charge in [0, 0.05) is 12.5 Å².